The Hall–Kier alpha value is -0.830. The molecular weight excluding hydrogens is 164 g/mol. The Kier molecular flexibility index (Phi) is 3.48. The van der Waals surface area contributed by atoms with Crippen molar-refractivity contribution in [2.75, 3.05) is 0 Å². The molecule has 13 heavy (non-hydrogen) atoms. The molecular formula is C10H18N2O. The van der Waals surface area contributed by atoms with Crippen LogP contribution in [-0.2, 0) is 6.54 Å². The molecule has 0 bridgehead atoms. The van der Waals surface area contributed by atoms with E-state index in [0.717, 1.165) is 18.0 Å². The summed E-state index contributed by atoms with van der Waals surface area (Å²) in [5, 5.41) is 7.26. The standard InChI is InChI=1S/C10H18N2O/c1-7(2)10-5-9(12-13-10)6-11-8(3)4/h5,7-8,11H,6H2,1-4H3. The van der Waals surface area contributed by atoms with E-state index in [9.17, 15) is 0 Å². The van der Waals surface area contributed by atoms with Gasteiger partial charge in [-0.3, -0.25) is 0 Å². The van der Waals surface area contributed by atoms with Crippen molar-refractivity contribution in [3.63, 3.8) is 0 Å². The minimum absolute atomic E-state index is 0.417. The van der Waals surface area contributed by atoms with E-state index in [1.165, 1.54) is 0 Å². The number of rotatable bonds is 4. The SMILES string of the molecule is CC(C)NCc1cc(C(C)C)on1. The Labute approximate surface area is 79.5 Å². The molecule has 0 aliphatic heterocycles. The third-order valence-corrected chi connectivity index (χ3v) is 1.84. The van der Waals surface area contributed by atoms with Gasteiger partial charge < -0.3 is 9.84 Å². The molecule has 0 aliphatic rings. The summed E-state index contributed by atoms with van der Waals surface area (Å²) in [6, 6.07) is 2.50. The second kappa shape index (κ2) is 4.42. The van der Waals surface area contributed by atoms with Gasteiger partial charge in [-0.2, -0.15) is 0 Å². The fourth-order valence-corrected chi connectivity index (χ4v) is 0.992. The summed E-state index contributed by atoms with van der Waals surface area (Å²) in [5.74, 6) is 1.38. The van der Waals surface area contributed by atoms with Crippen molar-refractivity contribution in [1.29, 1.82) is 0 Å². The molecule has 0 amide bonds. The van der Waals surface area contributed by atoms with E-state index in [-0.39, 0.29) is 0 Å². The molecule has 0 saturated carbocycles. The van der Waals surface area contributed by atoms with Crippen LogP contribution >= 0.6 is 0 Å². The highest BCUT2D eigenvalue weighted by Crippen LogP contribution is 2.14. The van der Waals surface area contributed by atoms with Crippen LogP contribution in [0.15, 0.2) is 10.6 Å². The molecule has 3 heteroatoms. The fraction of sp³-hybridized carbons (Fsp3) is 0.700. The van der Waals surface area contributed by atoms with Gasteiger partial charge in [0.05, 0.1) is 5.69 Å². The predicted octanol–water partition coefficient (Wildman–Crippen LogP) is 2.30. The summed E-state index contributed by atoms with van der Waals surface area (Å²) < 4.78 is 5.17. The number of aromatic nitrogens is 1. The number of hydrogen-bond donors (Lipinski definition) is 1. The number of nitrogens with zero attached hydrogens (tertiary/aromatic N) is 1. The molecule has 0 unspecified atom stereocenters. The molecule has 0 spiro atoms. The summed E-state index contributed by atoms with van der Waals surface area (Å²) in [6.45, 7) is 9.21. The van der Waals surface area contributed by atoms with E-state index in [0.29, 0.717) is 12.0 Å². The molecule has 0 radical (unpaired) electrons. The highest BCUT2D eigenvalue weighted by Gasteiger charge is 2.07. The third kappa shape index (κ3) is 3.19. The quantitative estimate of drug-likeness (QED) is 0.776. The van der Waals surface area contributed by atoms with Crippen LogP contribution in [0.3, 0.4) is 0 Å². The first-order valence-corrected chi connectivity index (χ1v) is 4.78. The highest BCUT2D eigenvalue weighted by atomic mass is 16.5. The van der Waals surface area contributed by atoms with Crippen molar-refractivity contribution < 1.29 is 4.52 Å². The summed E-state index contributed by atoms with van der Waals surface area (Å²) in [4.78, 5) is 0. The molecule has 0 saturated heterocycles. The van der Waals surface area contributed by atoms with Crippen molar-refractivity contribution in [2.24, 2.45) is 0 Å². The minimum atomic E-state index is 0.417. The minimum Gasteiger partial charge on any atom is -0.361 e. The Morgan fingerprint density at radius 1 is 1.38 bits per heavy atom. The third-order valence-electron chi connectivity index (χ3n) is 1.84. The van der Waals surface area contributed by atoms with Gasteiger partial charge in [-0.05, 0) is 0 Å². The van der Waals surface area contributed by atoms with Crippen LogP contribution in [0.5, 0.6) is 0 Å². The van der Waals surface area contributed by atoms with Crippen LogP contribution in [0.2, 0.25) is 0 Å². The Morgan fingerprint density at radius 2 is 2.08 bits per heavy atom. The summed E-state index contributed by atoms with van der Waals surface area (Å²) in [7, 11) is 0. The zero-order valence-corrected chi connectivity index (χ0v) is 8.79. The zero-order chi connectivity index (χ0) is 9.84. The van der Waals surface area contributed by atoms with Crippen LogP contribution in [0, 0.1) is 0 Å². The average Bonchev–Trinajstić information content (AvgIpc) is 2.48. The van der Waals surface area contributed by atoms with Crippen LogP contribution in [0.25, 0.3) is 0 Å². The maximum absolute atomic E-state index is 5.17. The van der Waals surface area contributed by atoms with Crippen molar-refractivity contribution in [3.05, 3.63) is 17.5 Å². The van der Waals surface area contributed by atoms with Crippen molar-refractivity contribution in [2.45, 2.75) is 46.2 Å². The lowest BCUT2D eigenvalue weighted by Crippen LogP contribution is -2.21. The summed E-state index contributed by atoms with van der Waals surface area (Å²) >= 11 is 0. The van der Waals surface area contributed by atoms with Crippen LogP contribution < -0.4 is 5.32 Å². The van der Waals surface area contributed by atoms with Gasteiger partial charge in [0.15, 0.2) is 0 Å². The first kappa shape index (κ1) is 10.3. The van der Waals surface area contributed by atoms with E-state index in [4.69, 9.17) is 4.52 Å². The van der Waals surface area contributed by atoms with E-state index in [1.54, 1.807) is 0 Å². The van der Waals surface area contributed by atoms with Gasteiger partial charge in [-0.25, -0.2) is 0 Å². The lowest BCUT2D eigenvalue weighted by atomic mass is 10.1. The molecule has 1 heterocycles. The molecule has 3 nitrogen and oxygen atoms in total. The van der Waals surface area contributed by atoms with Crippen molar-refractivity contribution >= 4 is 0 Å². The monoisotopic (exact) mass is 182 g/mol. The summed E-state index contributed by atoms with van der Waals surface area (Å²) in [5.41, 5.74) is 0.984. The van der Waals surface area contributed by atoms with Crippen LogP contribution in [-0.4, -0.2) is 11.2 Å². The van der Waals surface area contributed by atoms with E-state index in [2.05, 4.69) is 38.2 Å². The van der Waals surface area contributed by atoms with Crippen LogP contribution in [0.1, 0.15) is 45.1 Å². The van der Waals surface area contributed by atoms with E-state index in [1.807, 2.05) is 6.07 Å². The van der Waals surface area contributed by atoms with Crippen LogP contribution in [0.4, 0.5) is 0 Å². The van der Waals surface area contributed by atoms with Gasteiger partial charge in [0.2, 0.25) is 0 Å². The molecule has 1 N–H and O–H groups in total. The lowest BCUT2D eigenvalue weighted by molar-refractivity contribution is 0.363. The van der Waals surface area contributed by atoms with Gasteiger partial charge in [0, 0.05) is 24.6 Å². The first-order chi connectivity index (χ1) is 6.09. The maximum atomic E-state index is 5.17. The second-order valence-corrected chi connectivity index (χ2v) is 3.91. The topological polar surface area (TPSA) is 38.1 Å². The Bertz CT molecular complexity index is 253. The number of hydrogen-bond acceptors (Lipinski definition) is 3. The second-order valence-electron chi connectivity index (χ2n) is 3.91. The normalized spacial score (nSPS) is 11.5. The largest absolute Gasteiger partial charge is 0.361 e. The fourth-order valence-electron chi connectivity index (χ4n) is 0.992. The zero-order valence-electron chi connectivity index (χ0n) is 8.79. The summed E-state index contributed by atoms with van der Waals surface area (Å²) in [6.07, 6.45) is 0. The van der Waals surface area contributed by atoms with Crippen molar-refractivity contribution in [3.8, 4) is 0 Å². The Morgan fingerprint density at radius 3 is 2.54 bits per heavy atom. The van der Waals surface area contributed by atoms with Gasteiger partial charge >= 0.3 is 0 Å². The smallest absolute Gasteiger partial charge is 0.139 e. The van der Waals surface area contributed by atoms with Gasteiger partial charge in [-0.1, -0.05) is 32.9 Å². The predicted molar refractivity (Wildman–Crippen MR) is 52.6 cm³/mol. The molecule has 0 aliphatic carbocycles. The molecule has 1 aromatic heterocycles. The molecule has 74 valence electrons. The average molecular weight is 182 g/mol. The van der Waals surface area contributed by atoms with Gasteiger partial charge in [0.25, 0.3) is 0 Å². The molecule has 1 aromatic rings. The van der Waals surface area contributed by atoms with E-state index >= 15 is 0 Å². The number of nitrogens with one attached hydrogen (secondary N) is 1. The Balaban J connectivity index is 2.49. The molecule has 0 fully saturated rings. The molecule has 1 rings (SSSR count). The van der Waals surface area contributed by atoms with E-state index < -0.39 is 0 Å². The molecule has 0 aromatic carbocycles. The lowest BCUT2D eigenvalue weighted by Gasteiger charge is -2.03. The first-order valence-electron chi connectivity index (χ1n) is 4.78. The van der Waals surface area contributed by atoms with Gasteiger partial charge in [-0.15, -0.1) is 0 Å². The highest BCUT2D eigenvalue weighted by molar-refractivity contribution is 5.08. The van der Waals surface area contributed by atoms with Gasteiger partial charge in [0.1, 0.15) is 5.76 Å². The molecule has 0 atom stereocenters. The van der Waals surface area contributed by atoms with Crippen molar-refractivity contribution in [1.82, 2.24) is 10.5 Å². The maximum Gasteiger partial charge on any atom is 0.139 e.